The molecule has 4 heterocycles. The van der Waals surface area contributed by atoms with Gasteiger partial charge in [-0.05, 0) is 36.6 Å². The van der Waals surface area contributed by atoms with Gasteiger partial charge in [-0.25, -0.2) is 0 Å². The number of nitrogens with zero attached hydrogens (tertiary/aromatic N) is 2. The normalized spacial score (nSPS) is 31.0. The summed E-state index contributed by atoms with van der Waals surface area (Å²) in [5, 5.41) is 13.2. The van der Waals surface area contributed by atoms with Crippen LogP contribution in [0, 0.1) is 18.8 Å². The van der Waals surface area contributed by atoms with Gasteiger partial charge in [0.1, 0.15) is 29.8 Å². The number of fused-ring (bicyclic) bond motifs is 2. The lowest BCUT2D eigenvalue weighted by Crippen LogP contribution is -2.56. The summed E-state index contributed by atoms with van der Waals surface area (Å²) in [7, 11) is 0. The van der Waals surface area contributed by atoms with Crippen LogP contribution >= 0.6 is 27.5 Å². The standard InChI is InChI=1S/C33H33BrClN3O7/c1-19-9-8-12-22(35)27(19)37-14-7-3-6-13-24(40)36-18-23(20-10-4-2-5-11-20)44-32(43)25-26-30(41)38(15-16-39)29(31(37)42)33(26)17-21(34)28(25)45-33/h2-5,7-12,17,23,25-26,28-29,39H,6,13-16,18H2,1H3,(H,36,40)/b7-3-/t23-,25-,26+,28-,29-,33+/m1/s1. The number of carbonyl (C=O) groups is 4. The largest absolute Gasteiger partial charge is 0.455 e. The number of benzene rings is 2. The van der Waals surface area contributed by atoms with Crippen molar-refractivity contribution in [2.45, 2.75) is 43.6 Å². The Morgan fingerprint density at radius 2 is 1.84 bits per heavy atom. The summed E-state index contributed by atoms with van der Waals surface area (Å²) >= 11 is 10.2. The number of allylic oxidation sites excluding steroid dienone is 1. The highest BCUT2D eigenvalue weighted by Gasteiger charge is 2.75. The van der Waals surface area contributed by atoms with Crippen molar-refractivity contribution >= 4 is 56.9 Å². The molecule has 6 atom stereocenters. The van der Waals surface area contributed by atoms with Crippen molar-refractivity contribution in [1.29, 1.82) is 0 Å². The molecular formula is C33H33BrClN3O7. The van der Waals surface area contributed by atoms with Gasteiger partial charge in [0.15, 0.2) is 0 Å². The summed E-state index contributed by atoms with van der Waals surface area (Å²) in [6.07, 6.45) is 4.21. The highest BCUT2D eigenvalue weighted by atomic mass is 79.9. The number of aliphatic hydroxyl groups excluding tert-OH is 1. The molecule has 3 amide bonds. The van der Waals surface area contributed by atoms with E-state index in [1.165, 1.54) is 9.80 Å². The van der Waals surface area contributed by atoms with E-state index in [0.717, 1.165) is 5.56 Å². The van der Waals surface area contributed by atoms with Crippen LogP contribution in [0.15, 0.2) is 71.2 Å². The van der Waals surface area contributed by atoms with E-state index in [2.05, 4.69) is 21.2 Å². The van der Waals surface area contributed by atoms with Crippen LogP contribution in [0.2, 0.25) is 5.02 Å². The van der Waals surface area contributed by atoms with Gasteiger partial charge < -0.3 is 29.7 Å². The van der Waals surface area contributed by atoms with Gasteiger partial charge in [-0.15, -0.1) is 0 Å². The number of para-hydroxylation sites is 1. The number of likely N-dealkylation sites (tertiary alicyclic amines) is 1. The van der Waals surface area contributed by atoms with Gasteiger partial charge in [0, 0.05) is 24.0 Å². The fraction of sp³-hybridized carbons (Fsp3) is 0.394. The molecule has 1 spiro atoms. The summed E-state index contributed by atoms with van der Waals surface area (Å²) in [5.74, 6) is -4.03. The first-order valence-electron chi connectivity index (χ1n) is 14.9. The van der Waals surface area contributed by atoms with E-state index >= 15 is 0 Å². The monoisotopic (exact) mass is 697 g/mol. The van der Waals surface area contributed by atoms with Gasteiger partial charge in [-0.2, -0.15) is 0 Å². The van der Waals surface area contributed by atoms with Gasteiger partial charge in [-0.1, -0.05) is 82.1 Å². The average molecular weight is 699 g/mol. The number of halogens is 2. The van der Waals surface area contributed by atoms with Crippen molar-refractivity contribution < 1.29 is 33.8 Å². The highest BCUT2D eigenvalue weighted by Crippen LogP contribution is 2.59. The van der Waals surface area contributed by atoms with Crippen LogP contribution in [0.4, 0.5) is 5.69 Å². The van der Waals surface area contributed by atoms with Crippen molar-refractivity contribution in [1.82, 2.24) is 10.2 Å². The van der Waals surface area contributed by atoms with E-state index in [0.29, 0.717) is 27.2 Å². The fourth-order valence-corrected chi connectivity index (χ4v) is 8.00. The molecular weight excluding hydrogens is 666 g/mol. The molecule has 2 aromatic rings. The fourth-order valence-electron chi connectivity index (χ4n) is 6.94. The zero-order valence-electron chi connectivity index (χ0n) is 24.5. The predicted molar refractivity (Wildman–Crippen MR) is 169 cm³/mol. The average Bonchev–Trinajstić information content (AvgIpc) is 3.61. The summed E-state index contributed by atoms with van der Waals surface area (Å²) in [6, 6.07) is 13.1. The molecule has 0 radical (unpaired) electrons. The molecule has 236 valence electrons. The molecule has 0 saturated carbocycles. The quantitative estimate of drug-likeness (QED) is 0.370. The minimum absolute atomic E-state index is 0.0363. The van der Waals surface area contributed by atoms with Crippen LogP contribution in [-0.4, -0.2) is 77.7 Å². The summed E-state index contributed by atoms with van der Waals surface area (Å²) < 4.78 is 13.1. The number of hydrogen-bond donors (Lipinski definition) is 2. The lowest BCUT2D eigenvalue weighted by molar-refractivity contribution is -0.159. The molecule has 2 fully saturated rings. The van der Waals surface area contributed by atoms with Gasteiger partial charge >= 0.3 is 5.97 Å². The van der Waals surface area contributed by atoms with Crippen LogP contribution < -0.4 is 10.2 Å². The second-order valence-electron chi connectivity index (χ2n) is 11.6. The first-order valence-corrected chi connectivity index (χ1v) is 16.1. The third-order valence-corrected chi connectivity index (χ3v) is 9.89. The lowest BCUT2D eigenvalue weighted by Gasteiger charge is -2.36. The second-order valence-corrected chi connectivity index (χ2v) is 12.9. The van der Waals surface area contributed by atoms with E-state index < -0.39 is 60.1 Å². The predicted octanol–water partition coefficient (Wildman–Crippen LogP) is 3.60. The molecule has 2 N–H and O–H groups in total. The maximum absolute atomic E-state index is 14.8. The molecule has 2 aromatic carbocycles. The third-order valence-electron chi connectivity index (χ3n) is 8.90. The van der Waals surface area contributed by atoms with Crippen LogP contribution in [0.25, 0.3) is 0 Å². The van der Waals surface area contributed by atoms with Gasteiger partial charge in [0.2, 0.25) is 11.8 Å². The minimum atomic E-state index is -1.50. The molecule has 2 saturated heterocycles. The Bertz CT molecular complexity index is 1560. The zero-order valence-corrected chi connectivity index (χ0v) is 26.9. The van der Waals surface area contributed by atoms with Crippen molar-refractivity contribution in [2.75, 3.05) is 31.1 Å². The number of rotatable bonds is 4. The van der Waals surface area contributed by atoms with E-state index in [1.54, 1.807) is 36.4 Å². The number of anilines is 1. The number of amides is 3. The Morgan fingerprint density at radius 1 is 1.07 bits per heavy atom. The van der Waals surface area contributed by atoms with E-state index in [9.17, 15) is 24.3 Å². The highest BCUT2D eigenvalue weighted by molar-refractivity contribution is 9.11. The molecule has 0 aliphatic carbocycles. The SMILES string of the molecule is Cc1cccc(Cl)c1N1C/C=C\CCC(=O)NC[C@H](c2ccccc2)OC(=O)[C@H]2[C@@H]3O[C@@]4(C=C3Br)[C@@H]2C(=O)N(CCO)[C@@H]4C1=O. The smallest absolute Gasteiger partial charge is 0.313 e. The zero-order chi connectivity index (χ0) is 31.9. The summed E-state index contributed by atoms with van der Waals surface area (Å²) in [5.41, 5.74) is 0.384. The minimum Gasteiger partial charge on any atom is -0.455 e. The first-order chi connectivity index (χ1) is 21.7. The van der Waals surface area contributed by atoms with Gasteiger partial charge in [-0.3, -0.25) is 19.2 Å². The Morgan fingerprint density at radius 3 is 2.58 bits per heavy atom. The van der Waals surface area contributed by atoms with E-state index in [-0.39, 0.29) is 32.0 Å². The molecule has 45 heavy (non-hydrogen) atoms. The Labute approximate surface area is 274 Å². The lowest BCUT2D eigenvalue weighted by atomic mass is 9.74. The number of hydrogen-bond acceptors (Lipinski definition) is 7. The van der Waals surface area contributed by atoms with Gasteiger partial charge in [0.05, 0.1) is 29.8 Å². The molecule has 5 bridgehead atoms. The molecule has 4 aliphatic heterocycles. The van der Waals surface area contributed by atoms with Crippen LogP contribution in [-0.2, 0) is 28.7 Å². The van der Waals surface area contributed by atoms with Crippen LogP contribution in [0.1, 0.15) is 30.1 Å². The number of carbonyl (C=O) groups excluding carboxylic acids is 4. The Kier molecular flexibility index (Phi) is 8.89. The molecule has 6 rings (SSSR count). The van der Waals surface area contributed by atoms with Crippen molar-refractivity contribution in [3.05, 3.63) is 87.4 Å². The molecule has 4 aliphatic rings. The van der Waals surface area contributed by atoms with E-state index in [4.69, 9.17) is 21.1 Å². The van der Waals surface area contributed by atoms with Crippen LogP contribution in [0.5, 0.6) is 0 Å². The van der Waals surface area contributed by atoms with Gasteiger partial charge in [0.25, 0.3) is 5.91 Å². The number of nitrogens with one attached hydrogen (secondary N) is 1. The van der Waals surface area contributed by atoms with E-state index in [1.807, 2.05) is 37.3 Å². The van der Waals surface area contributed by atoms with Crippen LogP contribution in [0.3, 0.4) is 0 Å². The number of ether oxygens (including phenoxy) is 2. The maximum atomic E-state index is 14.8. The summed E-state index contributed by atoms with van der Waals surface area (Å²) in [4.78, 5) is 58.6. The topological polar surface area (TPSA) is 125 Å². The molecule has 0 aromatic heterocycles. The van der Waals surface area contributed by atoms with Crippen molar-refractivity contribution in [2.24, 2.45) is 11.8 Å². The third kappa shape index (κ3) is 5.49. The Hall–Kier alpha value is -3.51. The number of esters is 1. The summed E-state index contributed by atoms with van der Waals surface area (Å²) in [6.45, 7) is 1.43. The Balaban J connectivity index is 1.47. The van der Waals surface area contributed by atoms with Crippen molar-refractivity contribution in [3.63, 3.8) is 0 Å². The number of aliphatic hydroxyl groups is 1. The maximum Gasteiger partial charge on any atom is 0.313 e. The first kappa shape index (κ1) is 31.5. The van der Waals surface area contributed by atoms with Crippen molar-refractivity contribution in [3.8, 4) is 0 Å². The molecule has 10 nitrogen and oxygen atoms in total. The second kappa shape index (κ2) is 12.7. The molecule has 12 heteroatoms. The number of cyclic esters (lactones) is 1. The molecule has 0 unspecified atom stereocenters. The number of β-amino-alcohol motifs (C(OH)–C–C–N with tert-alkyl or cyclic N) is 1. The number of aryl methyl sites for hydroxylation is 1.